The van der Waals surface area contributed by atoms with E-state index in [9.17, 15) is 4.79 Å². The molecule has 1 fully saturated rings. The van der Waals surface area contributed by atoms with Crippen molar-refractivity contribution in [3.63, 3.8) is 0 Å². The lowest BCUT2D eigenvalue weighted by molar-refractivity contribution is 0.102. The molecule has 0 bridgehead atoms. The lowest BCUT2D eigenvalue weighted by Gasteiger charge is -2.30. The Hall–Kier alpha value is -3.69. The number of nitrogens with one attached hydrogen (secondary N) is 1. The largest absolute Gasteiger partial charge is 0.317 e. The monoisotopic (exact) mass is 499 g/mol. The Bertz CT molecular complexity index is 1350. The van der Waals surface area contributed by atoms with Gasteiger partial charge in [-0.25, -0.2) is 14.6 Å². The van der Waals surface area contributed by atoms with Gasteiger partial charge >= 0.3 is 0 Å². The van der Waals surface area contributed by atoms with Gasteiger partial charge in [0.15, 0.2) is 5.82 Å². The molecule has 5 heterocycles. The first kappa shape index (κ1) is 24.0. The second-order valence-corrected chi connectivity index (χ2v) is 9.89. The maximum absolute atomic E-state index is 13.0. The number of rotatable bonds is 7. The maximum Gasteiger partial charge on any atom is 0.275 e. The van der Waals surface area contributed by atoms with Gasteiger partial charge in [-0.05, 0) is 75.7 Å². The zero-order valence-corrected chi connectivity index (χ0v) is 21.3. The van der Waals surface area contributed by atoms with Crippen LogP contribution in [0, 0.1) is 13.8 Å². The number of anilines is 1. The van der Waals surface area contributed by atoms with Gasteiger partial charge in [0.1, 0.15) is 5.69 Å². The fraction of sp³-hybridized carbons (Fsp3) is 0.296. The molecule has 5 rings (SSSR count). The van der Waals surface area contributed by atoms with Gasteiger partial charge in [-0.1, -0.05) is 12.2 Å². The quantitative estimate of drug-likeness (QED) is 0.390. The van der Waals surface area contributed by atoms with E-state index in [0.717, 1.165) is 48.9 Å². The number of carbonyl (C=O) groups is 1. The van der Waals surface area contributed by atoms with Crippen molar-refractivity contribution in [2.24, 2.45) is 0 Å². The maximum atomic E-state index is 13.0. The molecule has 4 aromatic heterocycles. The summed E-state index contributed by atoms with van der Waals surface area (Å²) < 4.78 is 1.75. The average molecular weight is 500 g/mol. The number of amides is 1. The summed E-state index contributed by atoms with van der Waals surface area (Å²) in [7, 11) is 0. The molecule has 1 aliphatic rings. The van der Waals surface area contributed by atoms with Crippen LogP contribution in [0.3, 0.4) is 0 Å². The van der Waals surface area contributed by atoms with E-state index in [0.29, 0.717) is 23.1 Å². The van der Waals surface area contributed by atoms with Crippen LogP contribution in [0.15, 0.2) is 60.4 Å². The Labute approximate surface area is 214 Å². The highest BCUT2D eigenvalue weighted by atomic mass is 32.1. The summed E-state index contributed by atoms with van der Waals surface area (Å²) in [4.78, 5) is 28.7. The van der Waals surface area contributed by atoms with Crippen LogP contribution >= 0.6 is 11.3 Å². The SMILES string of the molecule is Cc1cc(C)n(-c2ncccc2NC(=O)c2csc(C3CCN(CC=Cc4ccncc4)CC3)n2)n1. The van der Waals surface area contributed by atoms with Crippen LogP contribution in [0.4, 0.5) is 5.69 Å². The molecule has 1 aliphatic heterocycles. The summed E-state index contributed by atoms with van der Waals surface area (Å²) in [5, 5.41) is 10.4. The fourth-order valence-electron chi connectivity index (χ4n) is 4.45. The van der Waals surface area contributed by atoms with E-state index in [1.54, 1.807) is 28.3 Å². The van der Waals surface area contributed by atoms with E-state index in [2.05, 4.69) is 37.4 Å². The normalized spacial score (nSPS) is 14.9. The first-order chi connectivity index (χ1) is 17.6. The molecule has 184 valence electrons. The highest BCUT2D eigenvalue weighted by Gasteiger charge is 2.24. The molecular weight excluding hydrogens is 470 g/mol. The van der Waals surface area contributed by atoms with Crippen molar-refractivity contribution in [2.75, 3.05) is 25.0 Å². The Kier molecular flexibility index (Phi) is 7.29. The van der Waals surface area contributed by atoms with Crippen LogP contribution in [0.5, 0.6) is 0 Å². The third-order valence-corrected chi connectivity index (χ3v) is 7.32. The van der Waals surface area contributed by atoms with Crippen molar-refractivity contribution in [3.05, 3.63) is 88.0 Å². The van der Waals surface area contributed by atoms with Crippen molar-refractivity contribution in [2.45, 2.75) is 32.6 Å². The number of aromatic nitrogens is 5. The van der Waals surface area contributed by atoms with E-state index in [4.69, 9.17) is 4.98 Å². The first-order valence-corrected chi connectivity index (χ1v) is 13.0. The predicted octanol–water partition coefficient (Wildman–Crippen LogP) is 4.88. The molecular formula is C27H29N7OS. The van der Waals surface area contributed by atoms with Crippen LogP contribution in [0.1, 0.15) is 51.2 Å². The number of hydrogen-bond acceptors (Lipinski definition) is 7. The van der Waals surface area contributed by atoms with Gasteiger partial charge in [0, 0.05) is 42.1 Å². The second kappa shape index (κ2) is 10.9. The predicted molar refractivity (Wildman–Crippen MR) is 143 cm³/mol. The lowest BCUT2D eigenvalue weighted by atomic mass is 9.97. The minimum atomic E-state index is -0.230. The molecule has 0 spiro atoms. The Balaban J connectivity index is 1.18. The second-order valence-electron chi connectivity index (χ2n) is 9.00. The van der Waals surface area contributed by atoms with Gasteiger partial charge in [-0.3, -0.25) is 14.7 Å². The molecule has 0 aromatic carbocycles. The molecule has 0 atom stereocenters. The Morgan fingerprint density at radius 2 is 1.97 bits per heavy atom. The molecule has 8 nitrogen and oxygen atoms in total. The number of aryl methyl sites for hydroxylation is 2. The van der Waals surface area contributed by atoms with Crippen LogP contribution in [-0.2, 0) is 0 Å². The molecule has 1 amide bonds. The molecule has 9 heteroatoms. The molecule has 1 saturated heterocycles. The topological polar surface area (TPSA) is 88.8 Å². The summed E-state index contributed by atoms with van der Waals surface area (Å²) in [6.07, 6.45) is 11.8. The molecule has 0 aliphatic carbocycles. The Morgan fingerprint density at radius 3 is 2.72 bits per heavy atom. The van der Waals surface area contributed by atoms with Crippen LogP contribution in [0.2, 0.25) is 0 Å². The van der Waals surface area contributed by atoms with E-state index >= 15 is 0 Å². The van der Waals surface area contributed by atoms with Gasteiger partial charge in [0.25, 0.3) is 5.91 Å². The van der Waals surface area contributed by atoms with Gasteiger partial charge in [-0.15, -0.1) is 11.3 Å². The van der Waals surface area contributed by atoms with Gasteiger partial charge in [0.2, 0.25) is 0 Å². The van der Waals surface area contributed by atoms with Crippen molar-refractivity contribution in [1.82, 2.24) is 29.6 Å². The van der Waals surface area contributed by atoms with E-state index in [1.807, 2.05) is 55.9 Å². The van der Waals surface area contributed by atoms with Crippen molar-refractivity contribution >= 4 is 29.0 Å². The summed E-state index contributed by atoms with van der Waals surface area (Å²) in [5.74, 6) is 0.754. The van der Waals surface area contributed by atoms with Crippen molar-refractivity contribution in [1.29, 1.82) is 0 Å². The van der Waals surface area contributed by atoms with Gasteiger partial charge in [0.05, 0.1) is 16.4 Å². The molecule has 0 unspecified atom stereocenters. The Morgan fingerprint density at radius 1 is 1.17 bits per heavy atom. The van der Waals surface area contributed by atoms with Crippen LogP contribution in [0.25, 0.3) is 11.9 Å². The molecule has 1 N–H and O–H groups in total. The number of nitrogens with zero attached hydrogens (tertiary/aromatic N) is 6. The number of piperidine rings is 1. The number of pyridine rings is 2. The standard InChI is InChI=1S/C27H29N7OS/c1-19-17-20(2)34(32-19)25-23(6-3-11-29-25)30-26(35)24-18-36-27(31-24)22-9-15-33(16-10-22)14-4-5-21-7-12-28-13-8-21/h3-8,11-13,17-18,22H,9-10,14-16H2,1-2H3,(H,30,35). The van der Waals surface area contributed by atoms with E-state index in [1.165, 1.54) is 5.56 Å². The van der Waals surface area contributed by atoms with Crippen LogP contribution in [-0.4, -0.2) is 55.2 Å². The zero-order chi connectivity index (χ0) is 24.9. The van der Waals surface area contributed by atoms with Gasteiger partial charge in [-0.2, -0.15) is 5.10 Å². The molecule has 4 aromatic rings. The third kappa shape index (κ3) is 5.58. The van der Waals surface area contributed by atoms with Crippen molar-refractivity contribution in [3.8, 4) is 5.82 Å². The molecule has 36 heavy (non-hydrogen) atoms. The number of thiazole rings is 1. The minimum Gasteiger partial charge on any atom is -0.317 e. The zero-order valence-electron chi connectivity index (χ0n) is 20.5. The summed E-state index contributed by atoms with van der Waals surface area (Å²) in [6, 6.07) is 9.64. The minimum absolute atomic E-state index is 0.230. The summed E-state index contributed by atoms with van der Waals surface area (Å²) >= 11 is 1.57. The summed E-state index contributed by atoms with van der Waals surface area (Å²) in [5.41, 5.74) is 4.08. The van der Waals surface area contributed by atoms with E-state index < -0.39 is 0 Å². The first-order valence-electron chi connectivity index (χ1n) is 12.1. The van der Waals surface area contributed by atoms with Crippen LogP contribution < -0.4 is 5.32 Å². The number of carbonyl (C=O) groups excluding carboxylic acids is 1. The fourth-order valence-corrected chi connectivity index (χ4v) is 5.42. The highest BCUT2D eigenvalue weighted by molar-refractivity contribution is 7.10. The van der Waals surface area contributed by atoms with Gasteiger partial charge < -0.3 is 5.32 Å². The lowest BCUT2D eigenvalue weighted by Crippen LogP contribution is -2.33. The molecule has 0 saturated carbocycles. The summed E-state index contributed by atoms with van der Waals surface area (Å²) in [6.45, 7) is 6.88. The van der Waals surface area contributed by atoms with Crippen molar-refractivity contribution < 1.29 is 4.79 Å². The smallest absolute Gasteiger partial charge is 0.275 e. The number of hydrogen-bond donors (Lipinski definition) is 1. The average Bonchev–Trinajstić information content (AvgIpc) is 3.52. The van der Waals surface area contributed by atoms with E-state index in [-0.39, 0.29) is 5.91 Å². The number of likely N-dealkylation sites (tertiary alicyclic amines) is 1. The third-order valence-electron chi connectivity index (χ3n) is 6.32. The molecule has 0 radical (unpaired) electrons. The highest BCUT2D eigenvalue weighted by Crippen LogP contribution is 2.30.